The first-order chi connectivity index (χ1) is 12.4. The van der Waals surface area contributed by atoms with Gasteiger partial charge in [-0.25, -0.2) is 8.78 Å². The van der Waals surface area contributed by atoms with Crippen molar-refractivity contribution in [2.75, 3.05) is 13.2 Å². The molecule has 0 aliphatic rings. The van der Waals surface area contributed by atoms with Crippen LogP contribution in [0.25, 0.3) is 0 Å². The number of carbonyl (C=O) groups excluding carboxylic acids is 2. The first kappa shape index (κ1) is 19.4. The quantitative estimate of drug-likeness (QED) is 0.796. The lowest BCUT2D eigenvalue weighted by atomic mass is 10.1. The number of amides is 2. The highest BCUT2D eigenvalue weighted by Crippen LogP contribution is 2.17. The maximum absolute atomic E-state index is 13.7. The van der Waals surface area contributed by atoms with Gasteiger partial charge < -0.3 is 15.4 Å². The molecular formula is C19H20F2N2O3. The first-order valence-electron chi connectivity index (χ1n) is 8.16. The zero-order chi connectivity index (χ0) is 19.1. The highest BCUT2D eigenvalue weighted by molar-refractivity contribution is 5.96. The SMILES string of the molecule is CCOc1ccc(C(=O)NCC(=O)N[C@H](C)c2ccc(F)cc2F)cc1. The summed E-state index contributed by atoms with van der Waals surface area (Å²) >= 11 is 0. The molecule has 0 saturated carbocycles. The Labute approximate surface area is 150 Å². The van der Waals surface area contributed by atoms with Crippen LogP contribution in [0.3, 0.4) is 0 Å². The van der Waals surface area contributed by atoms with Crippen molar-refractivity contribution in [3.05, 3.63) is 65.2 Å². The molecule has 0 aromatic heterocycles. The van der Waals surface area contributed by atoms with Crippen LogP contribution >= 0.6 is 0 Å². The monoisotopic (exact) mass is 362 g/mol. The zero-order valence-electron chi connectivity index (χ0n) is 14.5. The smallest absolute Gasteiger partial charge is 0.251 e. The number of benzene rings is 2. The fraction of sp³-hybridized carbons (Fsp3) is 0.263. The first-order valence-corrected chi connectivity index (χ1v) is 8.16. The highest BCUT2D eigenvalue weighted by Gasteiger charge is 2.15. The Morgan fingerprint density at radius 1 is 1.12 bits per heavy atom. The molecule has 0 radical (unpaired) electrons. The minimum absolute atomic E-state index is 0.164. The standard InChI is InChI=1S/C19H20F2N2O3/c1-3-26-15-7-4-13(5-8-15)19(25)22-11-18(24)23-12(2)16-9-6-14(20)10-17(16)21/h4-10,12H,3,11H2,1-2H3,(H,22,25)(H,23,24)/t12-/m1/s1. The molecule has 2 rings (SSSR count). The van der Waals surface area contributed by atoms with Crippen molar-refractivity contribution in [1.29, 1.82) is 0 Å². The number of carbonyl (C=O) groups is 2. The maximum Gasteiger partial charge on any atom is 0.251 e. The van der Waals surface area contributed by atoms with Gasteiger partial charge in [0.2, 0.25) is 5.91 Å². The highest BCUT2D eigenvalue weighted by atomic mass is 19.1. The van der Waals surface area contributed by atoms with Crippen molar-refractivity contribution in [2.24, 2.45) is 0 Å². The van der Waals surface area contributed by atoms with Crippen LogP contribution in [0, 0.1) is 11.6 Å². The fourth-order valence-electron chi connectivity index (χ4n) is 2.35. The summed E-state index contributed by atoms with van der Waals surface area (Å²) in [6.07, 6.45) is 0. The summed E-state index contributed by atoms with van der Waals surface area (Å²) in [6.45, 7) is 3.69. The van der Waals surface area contributed by atoms with E-state index >= 15 is 0 Å². The van der Waals surface area contributed by atoms with E-state index in [1.807, 2.05) is 6.92 Å². The molecule has 2 aromatic rings. The number of hydrogen-bond donors (Lipinski definition) is 2. The van der Waals surface area contributed by atoms with Gasteiger partial charge in [0.05, 0.1) is 19.2 Å². The van der Waals surface area contributed by atoms with Crippen molar-refractivity contribution < 1.29 is 23.1 Å². The molecule has 0 bridgehead atoms. The third kappa shape index (κ3) is 5.27. The van der Waals surface area contributed by atoms with Gasteiger partial charge in [0.25, 0.3) is 5.91 Å². The van der Waals surface area contributed by atoms with Gasteiger partial charge in [0.15, 0.2) is 0 Å². The molecule has 0 saturated heterocycles. The minimum Gasteiger partial charge on any atom is -0.494 e. The average Bonchev–Trinajstić information content (AvgIpc) is 2.60. The van der Waals surface area contributed by atoms with Gasteiger partial charge in [0.1, 0.15) is 17.4 Å². The molecule has 0 aliphatic carbocycles. The van der Waals surface area contributed by atoms with E-state index in [0.717, 1.165) is 12.1 Å². The summed E-state index contributed by atoms with van der Waals surface area (Å²) in [5, 5.41) is 5.04. The van der Waals surface area contributed by atoms with Gasteiger partial charge >= 0.3 is 0 Å². The summed E-state index contributed by atoms with van der Waals surface area (Å²) in [7, 11) is 0. The second kappa shape index (κ2) is 8.94. The van der Waals surface area contributed by atoms with E-state index in [1.165, 1.54) is 6.07 Å². The second-order valence-electron chi connectivity index (χ2n) is 5.60. The van der Waals surface area contributed by atoms with Gasteiger partial charge in [-0.1, -0.05) is 6.07 Å². The molecule has 2 amide bonds. The lowest BCUT2D eigenvalue weighted by molar-refractivity contribution is -0.120. The predicted octanol–water partition coefficient (Wildman–Crippen LogP) is 2.97. The van der Waals surface area contributed by atoms with Crippen molar-refractivity contribution in [2.45, 2.75) is 19.9 Å². The normalized spacial score (nSPS) is 11.5. The van der Waals surface area contributed by atoms with Crippen LogP contribution in [-0.4, -0.2) is 25.0 Å². The van der Waals surface area contributed by atoms with Gasteiger partial charge in [0, 0.05) is 17.2 Å². The minimum atomic E-state index is -0.740. The van der Waals surface area contributed by atoms with Gasteiger partial charge in [-0.05, 0) is 44.2 Å². The molecule has 0 fully saturated rings. The molecular weight excluding hydrogens is 342 g/mol. The number of ether oxygens (including phenoxy) is 1. The Kier molecular flexibility index (Phi) is 6.66. The molecule has 7 heteroatoms. The summed E-state index contributed by atoms with van der Waals surface area (Å²) in [6, 6.07) is 9.00. The molecule has 2 N–H and O–H groups in total. The molecule has 0 aliphatic heterocycles. The Hall–Kier alpha value is -2.96. The molecule has 0 unspecified atom stereocenters. The lowest BCUT2D eigenvalue weighted by Gasteiger charge is -2.15. The third-order valence-electron chi connectivity index (χ3n) is 3.64. The number of rotatable bonds is 7. The average molecular weight is 362 g/mol. The summed E-state index contributed by atoms with van der Waals surface area (Å²) in [4.78, 5) is 24.0. The van der Waals surface area contributed by atoms with Crippen molar-refractivity contribution in [3.8, 4) is 5.75 Å². The van der Waals surface area contributed by atoms with Crippen LogP contribution in [0.4, 0.5) is 8.78 Å². The molecule has 1 atom stereocenters. The van der Waals surface area contributed by atoms with Crippen molar-refractivity contribution >= 4 is 11.8 Å². The van der Waals surface area contributed by atoms with E-state index in [4.69, 9.17) is 4.74 Å². The van der Waals surface area contributed by atoms with Gasteiger partial charge in [-0.3, -0.25) is 9.59 Å². The molecule has 26 heavy (non-hydrogen) atoms. The van der Waals surface area contributed by atoms with E-state index < -0.39 is 29.5 Å². The lowest BCUT2D eigenvalue weighted by Crippen LogP contribution is -2.38. The van der Waals surface area contributed by atoms with Gasteiger partial charge in [-0.15, -0.1) is 0 Å². The van der Waals surface area contributed by atoms with Crippen LogP contribution in [0.5, 0.6) is 5.75 Å². The topological polar surface area (TPSA) is 67.4 Å². The second-order valence-corrected chi connectivity index (χ2v) is 5.60. The number of nitrogens with one attached hydrogen (secondary N) is 2. The van der Waals surface area contributed by atoms with Gasteiger partial charge in [-0.2, -0.15) is 0 Å². The third-order valence-corrected chi connectivity index (χ3v) is 3.64. The van der Waals surface area contributed by atoms with E-state index in [1.54, 1.807) is 31.2 Å². The van der Waals surface area contributed by atoms with Crippen molar-refractivity contribution in [3.63, 3.8) is 0 Å². The zero-order valence-corrected chi connectivity index (χ0v) is 14.5. The molecule has 5 nitrogen and oxygen atoms in total. The Morgan fingerprint density at radius 3 is 2.42 bits per heavy atom. The number of halogens is 2. The molecule has 2 aromatic carbocycles. The summed E-state index contributed by atoms with van der Waals surface area (Å²) in [5.41, 5.74) is 0.552. The molecule has 0 heterocycles. The van der Waals surface area contributed by atoms with E-state index in [2.05, 4.69) is 10.6 Å². The van der Waals surface area contributed by atoms with Crippen LogP contribution in [0.1, 0.15) is 35.8 Å². The fourth-order valence-corrected chi connectivity index (χ4v) is 2.35. The summed E-state index contributed by atoms with van der Waals surface area (Å²) in [5.74, 6) is -1.68. The number of hydrogen-bond acceptors (Lipinski definition) is 3. The van der Waals surface area contributed by atoms with Crippen molar-refractivity contribution in [1.82, 2.24) is 10.6 Å². The van der Waals surface area contributed by atoms with Crippen LogP contribution in [0.2, 0.25) is 0 Å². The van der Waals surface area contributed by atoms with E-state index in [-0.39, 0.29) is 12.1 Å². The Bertz CT molecular complexity index is 779. The summed E-state index contributed by atoms with van der Waals surface area (Å²) < 4.78 is 31.9. The van der Waals surface area contributed by atoms with E-state index in [9.17, 15) is 18.4 Å². The molecule has 0 spiro atoms. The Morgan fingerprint density at radius 2 is 1.81 bits per heavy atom. The van der Waals surface area contributed by atoms with E-state index in [0.29, 0.717) is 17.9 Å². The largest absolute Gasteiger partial charge is 0.494 e. The van der Waals surface area contributed by atoms with Crippen LogP contribution in [0.15, 0.2) is 42.5 Å². The Balaban J connectivity index is 1.86. The maximum atomic E-state index is 13.7. The van der Waals surface area contributed by atoms with Crippen LogP contribution < -0.4 is 15.4 Å². The van der Waals surface area contributed by atoms with Crippen LogP contribution in [-0.2, 0) is 4.79 Å². The predicted molar refractivity (Wildman–Crippen MR) is 92.9 cm³/mol. The molecule has 138 valence electrons.